The molecule has 2 rings (SSSR count). The Bertz CT molecular complexity index is 674. The molecule has 0 saturated carbocycles. The molecule has 0 radical (unpaired) electrons. The van der Waals surface area contributed by atoms with Gasteiger partial charge in [0.05, 0.1) is 17.3 Å². The first kappa shape index (κ1) is 17.0. The zero-order valence-electron chi connectivity index (χ0n) is 13.7. The van der Waals surface area contributed by atoms with Crippen molar-refractivity contribution in [2.75, 3.05) is 13.7 Å². The Morgan fingerprint density at radius 3 is 2.59 bits per heavy atom. The Morgan fingerprint density at radius 2 is 2.00 bits per heavy atom. The predicted octanol–water partition coefficient (Wildman–Crippen LogP) is 4.37. The van der Waals surface area contributed by atoms with Gasteiger partial charge in [-0.05, 0) is 23.1 Å². The maximum Gasteiger partial charge on any atom is 0.145 e. The van der Waals surface area contributed by atoms with Crippen LogP contribution in [0.15, 0.2) is 18.3 Å². The van der Waals surface area contributed by atoms with E-state index in [1.54, 1.807) is 13.2 Å². The number of hydrogen-bond donors (Lipinski definition) is 0. The van der Waals surface area contributed by atoms with Crippen LogP contribution < -0.4 is 0 Å². The van der Waals surface area contributed by atoms with Crippen LogP contribution in [0.4, 0.5) is 4.39 Å². The highest BCUT2D eigenvalue weighted by Crippen LogP contribution is 2.33. The fourth-order valence-electron chi connectivity index (χ4n) is 2.35. The first-order valence-corrected chi connectivity index (χ1v) is 7.63. The fourth-order valence-corrected chi connectivity index (χ4v) is 2.57. The van der Waals surface area contributed by atoms with Crippen molar-refractivity contribution in [3.05, 3.63) is 40.6 Å². The summed E-state index contributed by atoms with van der Waals surface area (Å²) in [5, 5.41) is 0.131. The van der Waals surface area contributed by atoms with Gasteiger partial charge in [0.1, 0.15) is 11.6 Å². The minimum absolute atomic E-state index is 0.131. The number of rotatable bonds is 4. The molecular formula is C17H22ClFN2O. The normalized spacial score (nSPS) is 12.0. The second kappa shape index (κ2) is 6.39. The first-order chi connectivity index (χ1) is 10.2. The number of benzene rings is 1. The van der Waals surface area contributed by atoms with E-state index in [9.17, 15) is 4.39 Å². The van der Waals surface area contributed by atoms with Crippen LogP contribution in [0.25, 0.3) is 11.3 Å². The van der Waals surface area contributed by atoms with E-state index in [1.165, 1.54) is 0 Å². The van der Waals surface area contributed by atoms with Crippen molar-refractivity contribution in [2.45, 2.75) is 32.6 Å². The molecule has 0 fully saturated rings. The van der Waals surface area contributed by atoms with Gasteiger partial charge in [-0.3, -0.25) is 0 Å². The molecule has 1 aromatic carbocycles. The summed E-state index contributed by atoms with van der Waals surface area (Å²) < 4.78 is 21.3. The molecular weight excluding hydrogens is 303 g/mol. The monoisotopic (exact) mass is 324 g/mol. The topological polar surface area (TPSA) is 27.1 Å². The van der Waals surface area contributed by atoms with Crippen molar-refractivity contribution in [3.8, 4) is 11.3 Å². The molecule has 22 heavy (non-hydrogen) atoms. The van der Waals surface area contributed by atoms with E-state index in [0.717, 1.165) is 23.5 Å². The highest BCUT2D eigenvalue weighted by Gasteiger charge is 2.22. The van der Waals surface area contributed by atoms with Gasteiger partial charge in [-0.15, -0.1) is 0 Å². The molecule has 0 atom stereocenters. The third-order valence-corrected chi connectivity index (χ3v) is 3.91. The van der Waals surface area contributed by atoms with Crippen LogP contribution in [0.1, 0.15) is 32.2 Å². The molecule has 2 aromatic rings. The van der Waals surface area contributed by atoms with Crippen molar-refractivity contribution in [2.24, 2.45) is 7.05 Å². The van der Waals surface area contributed by atoms with Gasteiger partial charge >= 0.3 is 0 Å². The summed E-state index contributed by atoms with van der Waals surface area (Å²) in [6.45, 7) is 6.51. The standard InChI is InChI=1S/C17H22ClFN2O/c1-17(2,3)12-8-11(9-13(18)16(12)19)14-10-21(4)15(20-14)6-7-22-5/h8-10H,6-7H2,1-5H3. The van der Waals surface area contributed by atoms with Crippen LogP contribution in [-0.2, 0) is 23.6 Å². The van der Waals surface area contributed by atoms with E-state index in [1.807, 2.05) is 44.6 Å². The number of nitrogens with zero attached hydrogens (tertiary/aromatic N) is 2. The van der Waals surface area contributed by atoms with E-state index >= 15 is 0 Å². The number of aromatic nitrogens is 2. The molecule has 0 saturated heterocycles. The first-order valence-electron chi connectivity index (χ1n) is 7.25. The molecule has 5 heteroatoms. The smallest absolute Gasteiger partial charge is 0.145 e. The maximum absolute atomic E-state index is 14.3. The molecule has 0 amide bonds. The zero-order chi connectivity index (χ0) is 16.5. The lowest BCUT2D eigenvalue weighted by molar-refractivity contribution is 0.200. The van der Waals surface area contributed by atoms with Crippen LogP contribution in [0, 0.1) is 5.82 Å². The minimum atomic E-state index is -0.353. The Hall–Kier alpha value is -1.39. The van der Waals surface area contributed by atoms with Gasteiger partial charge in [0.25, 0.3) is 0 Å². The van der Waals surface area contributed by atoms with Crippen molar-refractivity contribution in [1.82, 2.24) is 9.55 Å². The molecule has 0 unspecified atom stereocenters. The Morgan fingerprint density at radius 1 is 1.32 bits per heavy atom. The number of aryl methyl sites for hydroxylation is 1. The molecule has 120 valence electrons. The zero-order valence-corrected chi connectivity index (χ0v) is 14.5. The van der Waals surface area contributed by atoms with Gasteiger partial charge in [-0.25, -0.2) is 9.37 Å². The van der Waals surface area contributed by atoms with E-state index in [4.69, 9.17) is 16.3 Å². The average Bonchev–Trinajstić information content (AvgIpc) is 2.79. The van der Waals surface area contributed by atoms with Crippen molar-refractivity contribution >= 4 is 11.6 Å². The summed E-state index contributed by atoms with van der Waals surface area (Å²) in [5.74, 6) is 0.572. The van der Waals surface area contributed by atoms with Crippen molar-refractivity contribution in [1.29, 1.82) is 0 Å². The van der Waals surface area contributed by atoms with E-state index in [0.29, 0.717) is 12.2 Å². The van der Waals surface area contributed by atoms with Crippen LogP contribution in [0.5, 0.6) is 0 Å². The van der Waals surface area contributed by atoms with E-state index in [-0.39, 0.29) is 16.3 Å². The summed E-state index contributed by atoms with van der Waals surface area (Å²) in [4.78, 5) is 4.61. The summed E-state index contributed by atoms with van der Waals surface area (Å²) in [6, 6.07) is 3.47. The van der Waals surface area contributed by atoms with Gasteiger partial charge < -0.3 is 9.30 Å². The molecule has 0 spiro atoms. The van der Waals surface area contributed by atoms with Crippen molar-refractivity contribution in [3.63, 3.8) is 0 Å². The van der Waals surface area contributed by atoms with Crippen LogP contribution in [0.3, 0.4) is 0 Å². The Kier molecular flexibility index (Phi) is 4.93. The lowest BCUT2D eigenvalue weighted by Gasteiger charge is -2.21. The number of hydrogen-bond acceptors (Lipinski definition) is 2. The van der Waals surface area contributed by atoms with Gasteiger partial charge in [0, 0.05) is 32.3 Å². The predicted molar refractivity (Wildman–Crippen MR) is 87.9 cm³/mol. The second-order valence-electron chi connectivity index (χ2n) is 6.47. The number of halogens is 2. The lowest BCUT2D eigenvalue weighted by atomic mass is 9.85. The summed E-state index contributed by atoms with van der Waals surface area (Å²) in [7, 11) is 3.61. The van der Waals surface area contributed by atoms with Crippen molar-refractivity contribution < 1.29 is 9.13 Å². The molecule has 0 N–H and O–H groups in total. The second-order valence-corrected chi connectivity index (χ2v) is 6.87. The third kappa shape index (κ3) is 3.50. The van der Waals surface area contributed by atoms with Gasteiger partial charge in [-0.1, -0.05) is 32.4 Å². The molecule has 0 aliphatic carbocycles. The third-order valence-electron chi connectivity index (χ3n) is 3.63. The average molecular weight is 325 g/mol. The molecule has 0 bridgehead atoms. The molecule has 3 nitrogen and oxygen atoms in total. The van der Waals surface area contributed by atoms with Gasteiger partial charge in [0.2, 0.25) is 0 Å². The molecule has 1 aromatic heterocycles. The van der Waals surface area contributed by atoms with Crippen LogP contribution >= 0.6 is 11.6 Å². The summed E-state index contributed by atoms with van der Waals surface area (Å²) >= 11 is 6.08. The Balaban J connectivity index is 2.47. The molecule has 0 aliphatic heterocycles. The number of imidazole rings is 1. The van der Waals surface area contributed by atoms with Gasteiger partial charge in [-0.2, -0.15) is 0 Å². The maximum atomic E-state index is 14.3. The Labute approximate surface area is 136 Å². The van der Waals surface area contributed by atoms with Crippen LogP contribution in [0.2, 0.25) is 5.02 Å². The largest absolute Gasteiger partial charge is 0.384 e. The fraction of sp³-hybridized carbons (Fsp3) is 0.471. The number of ether oxygens (including phenoxy) is 1. The number of methoxy groups -OCH3 is 1. The highest BCUT2D eigenvalue weighted by molar-refractivity contribution is 6.31. The minimum Gasteiger partial charge on any atom is -0.384 e. The molecule has 0 aliphatic rings. The molecule has 1 heterocycles. The lowest BCUT2D eigenvalue weighted by Crippen LogP contribution is -2.14. The summed E-state index contributed by atoms with van der Waals surface area (Å²) in [5.41, 5.74) is 1.90. The SMILES string of the molecule is COCCc1nc(-c2cc(Cl)c(F)c(C(C)(C)C)c2)cn1C. The summed E-state index contributed by atoms with van der Waals surface area (Å²) in [6.07, 6.45) is 2.66. The quantitative estimate of drug-likeness (QED) is 0.835. The van der Waals surface area contributed by atoms with E-state index < -0.39 is 0 Å². The van der Waals surface area contributed by atoms with E-state index in [2.05, 4.69) is 4.98 Å². The van der Waals surface area contributed by atoms with Gasteiger partial charge in [0.15, 0.2) is 0 Å². The highest BCUT2D eigenvalue weighted by atomic mass is 35.5. The van der Waals surface area contributed by atoms with Crippen LogP contribution in [-0.4, -0.2) is 23.3 Å².